The molecule has 2 aromatic heterocycles. The Hall–Kier alpha value is -3.22. The number of amides is 1. The second kappa shape index (κ2) is 6.59. The molecule has 1 atom stereocenters. The first kappa shape index (κ1) is 16.3. The molecule has 3 aromatic rings. The molecule has 4 rings (SSSR count). The summed E-state index contributed by atoms with van der Waals surface area (Å²) in [5.74, 6) is 0.569. The third kappa shape index (κ3) is 2.92. The van der Waals surface area contributed by atoms with E-state index in [1.807, 2.05) is 17.0 Å². The van der Waals surface area contributed by atoms with Gasteiger partial charge in [0, 0.05) is 43.6 Å². The van der Waals surface area contributed by atoms with Crippen LogP contribution >= 0.6 is 0 Å². The van der Waals surface area contributed by atoms with Crippen LogP contribution in [0.1, 0.15) is 22.8 Å². The molecule has 0 spiro atoms. The molecule has 3 heterocycles. The van der Waals surface area contributed by atoms with Crippen molar-refractivity contribution in [1.29, 1.82) is 0 Å². The summed E-state index contributed by atoms with van der Waals surface area (Å²) in [7, 11) is 2.07. The van der Waals surface area contributed by atoms with Crippen molar-refractivity contribution in [2.75, 3.05) is 18.5 Å². The van der Waals surface area contributed by atoms with E-state index >= 15 is 0 Å². The lowest BCUT2D eigenvalue weighted by Crippen LogP contribution is -2.42. The molecule has 0 fully saturated rings. The molecule has 1 amide bonds. The van der Waals surface area contributed by atoms with Crippen LogP contribution in [-0.4, -0.2) is 50.2 Å². The van der Waals surface area contributed by atoms with Gasteiger partial charge in [-0.2, -0.15) is 5.10 Å². The fourth-order valence-electron chi connectivity index (χ4n) is 3.39. The van der Waals surface area contributed by atoms with Crippen molar-refractivity contribution in [3.63, 3.8) is 0 Å². The van der Waals surface area contributed by atoms with Crippen LogP contribution in [0.5, 0.6) is 0 Å². The number of nitrogens with zero attached hydrogens (tertiary/aromatic N) is 6. The predicted molar refractivity (Wildman–Crippen MR) is 98.2 cm³/mol. The third-order valence-corrected chi connectivity index (χ3v) is 4.72. The number of benzene rings is 1. The maximum Gasteiger partial charge on any atom is 0.254 e. The molecule has 0 unspecified atom stereocenters. The zero-order valence-corrected chi connectivity index (χ0v) is 14.8. The van der Waals surface area contributed by atoms with Crippen LogP contribution in [0.15, 0.2) is 55.2 Å². The van der Waals surface area contributed by atoms with Gasteiger partial charge in [0.2, 0.25) is 0 Å². The Bertz CT molecular complexity index is 923. The summed E-state index contributed by atoms with van der Waals surface area (Å²) in [6.45, 7) is 3.45. The first-order valence-electron chi connectivity index (χ1n) is 8.54. The molecule has 7 heteroatoms. The Labute approximate surface area is 151 Å². The molecule has 26 heavy (non-hydrogen) atoms. The number of fused-ring (bicyclic) bond motifs is 1. The summed E-state index contributed by atoms with van der Waals surface area (Å²) < 4.78 is 1.55. The van der Waals surface area contributed by atoms with Crippen molar-refractivity contribution in [2.24, 2.45) is 0 Å². The zero-order valence-electron chi connectivity index (χ0n) is 14.8. The van der Waals surface area contributed by atoms with Gasteiger partial charge in [-0.25, -0.2) is 14.6 Å². The van der Waals surface area contributed by atoms with Crippen molar-refractivity contribution in [3.8, 4) is 5.82 Å². The molecule has 0 bridgehead atoms. The van der Waals surface area contributed by atoms with Crippen LogP contribution in [0.2, 0.25) is 0 Å². The smallest absolute Gasteiger partial charge is 0.254 e. The number of carbonyl (C=O) groups is 1. The van der Waals surface area contributed by atoms with Gasteiger partial charge in [-0.15, -0.1) is 0 Å². The number of anilines is 1. The predicted octanol–water partition coefficient (Wildman–Crippen LogP) is 2.14. The van der Waals surface area contributed by atoms with E-state index in [1.54, 1.807) is 29.3 Å². The number of para-hydroxylation sites is 1. The molecule has 132 valence electrons. The van der Waals surface area contributed by atoms with E-state index in [-0.39, 0.29) is 11.9 Å². The maximum atomic E-state index is 13.2. The van der Waals surface area contributed by atoms with Gasteiger partial charge >= 0.3 is 0 Å². The van der Waals surface area contributed by atoms with Gasteiger partial charge in [0.15, 0.2) is 5.82 Å². The summed E-state index contributed by atoms with van der Waals surface area (Å²) in [5.41, 5.74) is 2.92. The average molecular weight is 348 g/mol. The Balaban J connectivity index is 1.67. The number of pyridine rings is 1. The molecule has 1 aliphatic heterocycles. The van der Waals surface area contributed by atoms with E-state index in [1.165, 1.54) is 12.0 Å². The minimum absolute atomic E-state index is 0.00799. The van der Waals surface area contributed by atoms with Crippen molar-refractivity contribution >= 4 is 11.6 Å². The Morgan fingerprint density at radius 1 is 1.23 bits per heavy atom. The van der Waals surface area contributed by atoms with Crippen LogP contribution in [0.3, 0.4) is 0 Å². The molecule has 7 nitrogen and oxygen atoms in total. The van der Waals surface area contributed by atoms with E-state index in [0.717, 1.165) is 12.1 Å². The highest BCUT2D eigenvalue weighted by Gasteiger charge is 2.27. The molecule has 0 saturated heterocycles. The lowest BCUT2D eigenvalue weighted by atomic mass is 10.1. The van der Waals surface area contributed by atoms with Crippen molar-refractivity contribution < 1.29 is 4.79 Å². The molecule has 0 N–H and O–H groups in total. The Morgan fingerprint density at radius 2 is 2.08 bits per heavy atom. The monoisotopic (exact) mass is 348 g/mol. The number of likely N-dealkylation sites (N-methyl/N-ethyl adjacent to an activating group) is 1. The highest BCUT2D eigenvalue weighted by atomic mass is 16.2. The number of carbonyl (C=O) groups excluding carboxylic acids is 1. The molecular formula is C19H20N6O. The zero-order chi connectivity index (χ0) is 18.1. The molecule has 0 radical (unpaired) electrons. The summed E-state index contributed by atoms with van der Waals surface area (Å²) in [6, 6.07) is 11.8. The van der Waals surface area contributed by atoms with Crippen LogP contribution in [0, 0.1) is 0 Å². The van der Waals surface area contributed by atoms with E-state index in [2.05, 4.69) is 46.1 Å². The van der Waals surface area contributed by atoms with Crippen LogP contribution < -0.4 is 4.90 Å². The Kier molecular flexibility index (Phi) is 4.12. The second-order valence-corrected chi connectivity index (χ2v) is 6.53. The van der Waals surface area contributed by atoms with Crippen LogP contribution in [-0.2, 0) is 6.54 Å². The van der Waals surface area contributed by atoms with E-state index in [0.29, 0.717) is 17.9 Å². The summed E-state index contributed by atoms with van der Waals surface area (Å²) in [4.78, 5) is 25.6. The topological polar surface area (TPSA) is 67.2 Å². The maximum absolute atomic E-state index is 13.2. The summed E-state index contributed by atoms with van der Waals surface area (Å²) in [5, 5.41) is 4.08. The van der Waals surface area contributed by atoms with Crippen LogP contribution in [0.25, 0.3) is 5.82 Å². The largest absolute Gasteiger partial charge is 0.372 e. The minimum atomic E-state index is -0.00799. The number of hydrogen-bond donors (Lipinski definition) is 0. The minimum Gasteiger partial charge on any atom is -0.372 e. The van der Waals surface area contributed by atoms with Crippen molar-refractivity contribution in [1.82, 2.24) is 24.6 Å². The van der Waals surface area contributed by atoms with E-state index < -0.39 is 0 Å². The molecule has 0 saturated carbocycles. The van der Waals surface area contributed by atoms with Gasteiger partial charge in [-0.1, -0.05) is 18.2 Å². The van der Waals surface area contributed by atoms with E-state index in [4.69, 9.17) is 0 Å². The summed E-state index contributed by atoms with van der Waals surface area (Å²) >= 11 is 0. The van der Waals surface area contributed by atoms with Gasteiger partial charge < -0.3 is 9.80 Å². The number of hydrogen-bond acceptors (Lipinski definition) is 5. The molecule has 0 aliphatic carbocycles. The fraction of sp³-hybridized carbons (Fsp3) is 0.263. The fourth-order valence-corrected chi connectivity index (χ4v) is 3.39. The molecule has 1 aliphatic rings. The third-order valence-electron chi connectivity index (χ3n) is 4.72. The van der Waals surface area contributed by atoms with Crippen molar-refractivity contribution in [3.05, 3.63) is 66.4 Å². The number of rotatable bonds is 2. The van der Waals surface area contributed by atoms with Gasteiger partial charge in [0.25, 0.3) is 5.91 Å². The average Bonchev–Trinajstić information content (AvgIpc) is 3.16. The van der Waals surface area contributed by atoms with Gasteiger partial charge in [-0.05, 0) is 30.7 Å². The van der Waals surface area contributed by atoms with Gasteiger partial charge in [0.05, 0.1) is 0 Å². The van der Waals surface area contributed by atoms with Crippen molar-refractivity contribution in [2.45, 2.75) is 19.5 Å². The van der Waals surface area contributed by atoms with Gasteiger partial charge in [-0.3, -0.25) is 4.79 Å². The Morgan fingerprint density at radius 3 is 2.88 bits per heavy atom. The first-order valence-corrected chi connectivity index (χ1v) is 8.54. The quantitative estimate of drug-likeness (QED) is 0.710. The SMILES string of the molecule is C[C@H]1CN(C)c2ccccc2CN1C(=O)c1ccnc(-n2cncn2)c1. The normalized spacial score (nSPS) is 16.9. The van der Waals surface area contributed by atoms with Gasteiger partial charge in [0.1, 0.15) is 12.7 Å². The molecule has 1 aromatic carbocycles. The van der Waals surface area contributed by atoms with E-state index in [9.17, 15) is 4.79 Å². The highest BCUT2D eigenvalue weighted by molar-refractivity contribution is 5.95. The lowest BCUT2D eigenvalue weighted by molar-refractivity contribution is 0.0687. The molecular weight excluding hydrogens is 328 g/mol. The second-order valence-electron chi connectivity index (χ2n) is 6.53. The standard InChI is InChI=1S/C19H20N6O/c1-14-10-23(2)17-6-4-3-5-16(17)11-24(14)19(26)15-7-8-21-18(9-15)25-13-20-12-22-25/h3-9,12-14H,10-11H2,1-2H3/t14-/m0/s1. The highest BCUT2D eigenvalue weighted by Crippen LogP contribution is 2.27. The number of aromatic nitrogens is 4. The summed E-state index contributed by atoms with van der Waals surface area (Å²) in [6.07, 6.45) is 4.64. The first-order chi connectivity index (χ1) is 12.6. The lowest BCUT2D eigenvalue weighted by Gasteiger charge is -2.28. The van der Waals surface area contributed by atoms with Crippen LogP contribution in [0.4, 0.5) is 5.69 Å².